The van der Waals surface area contributed by atoms with Crippen molar-refractivity contribution in [3.63, 3.8) is 0 Å². The molecule has 9 heteroatoms. The summed E-state index contributed by atoms with van der Waals surface area (Å²) in [5.41, 5.74) is 2.94. The van der Waals surface area contributed by atoms with Crippen molar-refractivity contribution in [2.75, 3.05) is 72.6 Å². The molecule has 1 atom stereocenters. The molecule has 0 saturated carbocycles. The molecule has 0 radical (unpaired) electrons. The lowest BCUT2D eigenvalue weighted by Crippen LogP contribution is -2.27. The average molecular weight is 548 g/mol. The van der Waals surface area contributed by atoms with Gasteiger partial charge in [0.2, 0.25) is 0 Å². The molecule has 1 amide bonds. The van der Waals surface area contributed by atoms with E-state index in [0.717, 1.165) is 18.6 Å². The zero-order valence-electron chi connectivity index (χ0n) is 24.4. The molecule has 1 aromatic heterocycles. The van der Waals surface area contributed by atoms with Gasteiger partial charge in [-0.25, -0.2) is 0 Å². The maximum Gasteiger partial charge on any atom is 0.251 e. The highest BCUT2D eigenvalue weighted by Gasteiger charge is 2.12. The fourth-order valence-electron chi connectivity index (χ4n) is 3.70. The second-order valence-electron chi connectivity index (χ2n) is 9.73. The van der Waals surface area contributed by atoms with E-state index in [1.54, 1.807) is 0 Å². The first-order valence-corrected chi connectivity index (χ1v) is 14.3. The highest BCUT2D eigenvalue weighted by molar-refractivity contribution is 5.94. The van der Waals surface area contributed by atoms with Crippen LogP contribution in [0.4, 0.5) is 0 Å². The molecule has 2 aromatic rings. The molecule has 2 rings (SSSR count). The second-order valence-corrected chi connectivity index (χ2v) is 9.73. The van der Waals surface area contributed by atoms with Crippen molar-refractivity contribution < 1.29 is 28.5 Å². The Labute approximate surface area is 234 Å². The van der Waals surface area contributed by atoms with E-state index in [9.17, 15) is 4.79 Å². The number of nitrogens with one attached hydrogen (secondary N) is 1. The summed E-state index contributed by atoms with van der Waals surface area (Å²) < 4.78 is 29.4. The van der Waals surface area contributed by atoms with Crippen molar-refractivity contribution in [2.24, 2.45) is 0 Å². The number of nitrogens with zero attached hydrogens (tertiary/aromatic N) is 2. The van der Waals surface area contributed by atoms with Gasteiger partial charge in [0.25, 0.3) is 5.91 Å². The molecule has 1 N–H and O–H groups in total. The van der Waals surface area contributed by atoms with E-state index in [4.69, 9.17) is 23.7 Å². The number of ether oxygens (including phenoxy) is 5. The predicted molar refractivity (Wildman–Crippen MR) is 153 cm³/mol. The maximum atomic E-state index is 12.4. The van der Waals surface area contributed by atoms with Crippen molar-refractivity contribution in [3.8, 4) is 0 Å². The molecule has 1 heterocycles. The van der Waals surface area contributed by atoms with Crippen LogP contribution in [0.15, 0.2) is 36.7 Å². The molecule has 0 aliphatic rings. The minimum absolute atomic E-state index is 0.0982. The Balaban J connectivity index is 1.42. The molecule has 1 unspecified atom stereocenters. The lowest BCUT2D eigenvalue weighted by atomic mass is 10.1. The van der Waals surface area contributed by atoms with Crippen molar-refractivity contribution in [1.82, 2.24) is 15.1 Å². The van der Waals surface area contributed by atoms with E-state index in [1.165, 1.54) is 18.4 Å². The molecule has 0 bridgehead atoms. The predicted octanol–water partition coefficient (Wildman–Crippen LogP) is 4.62. The van der Waals surface area contributed by atoms with Crippen LogP contribution in [0.2, 0.25) is 0 Å². The monoisotopic (exact) mass is 547 g/mol. The standard InChI is InChI=1S/C30H49N3O6/c1-5-6-7-13-35-15-17-37-19-21-39-22-20-38-18-16-36-14-12-31-30(34)28-10-8-27(9-11-28)26(4)33-24-29(23-32-33)25(2)3/h8-11,23-26H,5-7,12-22H2,1-4H3,(H,31,34). The number of carbonyl (C=O) groups excluding carboxylic acids is 1. The van der Waals surface area contributed by atoms with Gasteiger partial charge in [-0.1, -0.05) is 45.7 Å². The summed E-state index contributed by atoms with van der Waals surface area (Å²) in [5.74, 6) is 0.329. The average Bonchev–Trinajstić information content (AvgIpc) is 3.45. The molecule has 220 valence electrons. The first-order chi connectivity index (χ1) is 19.0. The fraction of sp³-hybridized carbons (Fsp3) is 0.667. The molecule has 1 aromatic carbocycles. The van der Waals surface area contributed by atoms with Gasteiger partial charge in [-0.05, 0) is 42.5 Å². The topological polar surface area (TPSA) is 93.1 Å². The first kappa shape index (κ1) is 32.9. The Kier molecular flexibility index (Phi) is 17.4. The van der Waals surface area contributed by atoms with E-state index in [1.807, 2.05) is 35.1 Å². The Hall–Kier alpha value is -2.30. The van der Waals surface area contributed by atoms with Gasteiger partial charge in [-0.15, -0.1) is 0 Å². The molecular formula is C30H49N3O6. The van der Waals surface area contributed by atoms with E-state index >= 15 is 0 Å². The quantitative estimate of drug-likeness (QED) is 0.203. The Morgan fingerprint density at radius 3 is 1.82 bits per heavy atom. The molecule has 0 fully saturated rings. The third-order valence-electron chi connectivity index (χ3n) is 6.25. The summed E-state index contributed by atoms with van der Waals surface area (Å²) in [4.78, 5) is 12.4. The lowest BCUT2D eigenvalue weighted by Gasteiger charge is -2.13. The van der Waals surface area contributed by atoms with Crippen LogP contribution in [0.3, 0.4) is 0 Å². The minimum Gasteiger partial charge on any atom is -0.379 e. The SMILES string of the molecule is CCCCCOCCOCCOCCOCCOCCNC(=O)c1ccc(C(C)n2cc(C(C)C)cn2)cc1. The largest absolute Gasteiger partial charge is 0.379 e. The van der Waals surface area contributed by atoms with Crippen LogP contribution < -0.4 is 5.32 Å². The van der Waals surface area contributed by atoms with Crippen LogP contribution in [0.25, 0.3) is 0 Å². The molecular weight excluding hydrogens is 498 g/mol. The summed E-state index contributed by atoms with van der Waals surface area (Å²) in [6, 6.07) is 7.75. The lowest BCUT2D eigenvalue weighted by molar-refractivity contribution is -0.0109. The summed E-state index contributed by atoms with van der Waals surface area (Å²) in [7, 11) is 0. The van der Waals surface area contributed by atoms with Gasteiger partial charge in [0.15, 0.2) is 0 Å². The first-order valence-electron chi connectivity index (χ1n) is 14.3. The number of aromatic nitrogens is 2. The number of hydrogen-bond donors (Lipinski definition) is 1. The zero-order valence-corrected chi connectivity index (χ0v) is 24.4. The summed E-state index contributed by atoms with van der Waals surface area (Å²) in [6.07, 6.45) is 7.53. The third-order valence-corrected chi connectivity index (χ3v) is 6.25. The molecule has 0 saturated heterocycles. The van der Waals surface area contributed by atoms with E-state index in [-0.39, 0.29) is 11.9 Å². The van der Waals surface area contributed by atoms with Crippen LogP contribution >= 0.6 is 0 Å². The molecule has 0 aliphatic heterocycles. The molecule has 39 heavy (non-hydrogen) atoms. The zero-order chi connectivity index (χ0) is 28.1. The van der Waals surface area contributed by atoms with Crippen LogP contribution in [-0.2, 0) is 23.7 Å². The van der Waals surface area contributed by atoms with Crippen LogP contribution in [0.5, 0.6) is 0 Å². The minimum atomic E-state index is -0.115. The molecule has 0 aliphatic carbocycles. The van der Waals surface area contributed by atoms with Gasteiger partial charge in [-0.3, -0.25) is 9.48 Å². The Morgan fingerprint density at radius 1 is 0.769 bits per heavy atom. The third kappa shape index (κ3) is 14.1. The number of amides is 1. The van der Waals surface area contributed by atoms with Gasteiger partial charge in [0.05, 0.1) is 71.7 Å². The van der Waals surface area contributed by atoms with Crippen molar-refractivity contribution in [3.05, 3.63) is 53.3 Å². The van der Waals surface area contributed by atoms with Gasteiger partial charge in [-0.2, -0.15) is 5.10 Å². The normalized spacial score (nSPS) is 12.2. The number of carbonyl (C=O) groups is 1. The second kappa shape index (κ2) is 20.6. The van der Waals surface area contributed by atoms with Gasteiger partial charge in [0, 0.05) is 24.9 Å². The van der Waals surface area contributed by atoms with Crippen LogP contribution in [-0.4, -0.2) is 88.3 Å². The van der Waals surface area contributed by atoms with Crippen LogP contribution in [0.1, 0.15) is 80.4 Å². The molecule has 0 spiro atoms. The van der Waals surface area contributed by atoms with E-state index in [2.05, 4.69) is 44.3 Å². The van der Waals surface area contributed by atoms with E-state index < -0.39 is 0 Å². The van der Waals surface area contributed by atoms with Gasteiger partial charge >= 0.3 is 0 Å². The summed E-state index contributed by atoms with van der Waals surface area (Å²) in [5, 5.41) is 7.37. The summed E-state index contributed by atoms with van der Waals surface area (Å²) in [6.45, 7) is 14.6. The maximum absolute atomic E-state index is 12.4. The summed E-state index contributed by atoms with van der Waals surface area (Å²) >= 11 is 0. The van der Waals surface area contributed by atoms with Gasteiger partial charge < -0.3 is 29.0 Å². The number of unbranched alkanes of at least 4 members (excludes halogenated alkanes) is 2. The number of benzene rings is 1. The van der Waals surface area contributed by atoms with Crippen molar-refractivity contribution in [1.29, 1.82) is 0 Å². The smallest absolute Gasteiger partial charge is 0.251 e. The highest BCUT2D eigenvalue weighted by Crippen LogP contribution is 2.20. The Morgan fingerprint density at radius 2 is 1.31 bits per heavy atom. The van der Waals surface area contributed by atoms with E-state index in [0.29, 0.717) is 77.5 Å². The number of rotatable bonds is 23. The fourth-order valence-corrected chi connectivity index (χ4v) is 3.70. The highest BCUT2D eigenvalue weighted by atomic mass is 16.6. The van der Waals surface area contributed by atoms with Crippen molar-refractivity contribution in [2.45, 2.75) is 58.9 Å². The molecule has 9 nitrogen and oxygen atoms in total. The Bertz CT molecular complexity index is 887. The van der Waals surface area contributed by atoms with Gasteiger partial charge in [0.1, 0.15) is 0 Å². The van der Waals surface area contributed by atoms with Crippen LogP contribution in [0, 0.1) is 0 Å². The number of hydrogen-bond acceptors (Lipinski definition) is 7. The van der Waals surface area contributed by atoms with Crippen molar-refractivity contribution >= 4 is 5.91 Å².